The molecule has 2 aromatic heterocycles. The van der Waals surface area contributed by atoms with Crippen LogP contribution in [0.4, 0.5) is 22.7 Å². The summed E-state index contributed by atoms with van der Waals surface area (Å²) < 4.78 is 9.03. The summed E-state index contributed by atoms with van der Waals surface area (Å²) in [6.45, 7) is 28.2. The second kappa shape index (κ2) is 15.2. The van der Waals surface area contributed by atoms with E-state index in [9.17, 15) is 0 Å². The fourth-order valence-electron chi connectivity index (χ4n) is 8.80. The Kier molecular flexibility index (Phi) is 10.1. The first-order chi connectivity index (χ1) is 29.7. The van der Waals surface area contributed by atoms with Crippen LogP contribution in [0.1, 0.15) is 105 Å². The van der Waals surface area contributed by atoms with Crippen LogP contribution in [0.15, 0.2) is 146 Å². The van der Waals surface area contributed by atoms with Crippen molar-refractivity contribution in [1.29, 1.82) is 0 Å². The van der Waals surface area contributed by atoms with Crippen molar-refractivity contribution in [3.05, 3.63) is 168 Å². The summed E-state index contributed by atoms with van der Waals surface area (Å²) in [5.41, 5.74) is 14.6. The third-order valence-corrected chi connectivity index (χ3v) is 12.7. The monoisotopic (exact) mass is 830 g/mol. The van der Waals surface area contributed by atoms with Crippen LogP contribution in [0.2, 0.25) is 0 Å². The van der Waals surface area contributed by atoms with Crippen LogP contribution in [0, 0.1) is 0 Å². The van der Waals surface area contributed by atoms with Gasteiger partial charge in [-0.3, -0.25) is 4.57 Å². The van der Waals surface area contributed by atoms with Crippen molar-refractivity contribution in [1.82, 2.24) is 9.55 Å². The Morgan fingerprint density at radius 1 is 0.429 bits per heavy atom. The number of anilines is 4. The maximum atomic E-state index is 6.76. The van der Waals surface area contributed by atoms with Gasteiger partial charge in [0.15, 0.2) is 0 Å². The van der Waals surface area contributed by atoms with Gasteiger partial charge in [-0.2, -0.15) is 0 Å². The molecule has 0 spiro atoms. The molecule has 320 valence electrons. The number of fused-ring (bicyclic) bond motifs is 4. The zero-order chi connectivity index (χ0) is 44.6. The SMILES string of the molecule is CC(C)(C)c1cc(-c2cc(C(C)(C)C)cc(C(C)(C)C)c2)cc(N2CN(c3cccc(Oc4ccc5c6ccccc6n(-c6cc(C(C)(C)C)ccn6)c5c4)c3)c3ccccc32)c1. The quantitative estimate of drug-likeness (QED) is 0.167. The highest BCUT2D eigenvalue weighted by atomic mass is 16.5. The number of pyridine rings is 1. The molecule has 0 bridgehead atoms. The smallest absolute Gasteiger partial charge is 0.137 e. The summed E-state index contributed by atoms with van der Waals surface area (Å²) in [7, 11) is 0. The summed E-state index contributed by atoms with van der Waals surface area (Å²) in [6, 6.07) is 51.0. The average molecular weight is 831 g/mol. The van der Waals surface area contributed by atoms with Gasteiger partial charge in [-0.1, -0.05) is 144 Å². The number of rotatable bonds is 6. The minimum absolute atomic E-state index is 0.00284. The van der Waals surface area contributed by atoms with Gasteiger partial charge in [0, 0.05) is 40.5 Å². The van der Waals surface area contributed by atoms with E-state index in [-0.39, 0.29) is 21.7 Å². The molecule has 5 nitrogen and oxygen atoms in total. The predicted molar refractivity (Wildman–Crippen MR) is 267 cm³/mol. The highest BCUT2D eigenvalue weighted by molar-refractivity contribution is 6.09. The largest absolute Gasteiger partial charge is 0.457 e. The summed E-state index contributed by atoms with van der Waals surface area (Å²) in [5.74, 6) is 2.46. The molecule has 0 fully saturated rings. The molecule has 3 heterocycles. The Morgan fingerprint density at radius 2 is 0.984 bits per heavy atom. The van der Waals surface area contributed by atoms with Crippen molar-refractivity contribution in [2.24, 2.45) is 0 Å². The first-order valence-electron chi connectivity index (χ1n) is 22.5. The van der Waals surface area contributed by atoms with Crippen molar-refractivity contribution >= 4 is 44.6 Å². The third-order valence-electron chi connectivity index (χ3n) is 12.7. The number of nitrogens with zero attached hydrogens (tertiary/aromatic N) is 4. The maximum absolute atomic E-state index is 6.76. The fraction of sp³-hybridized carbons (Fsp3) is 0.293. The first kappa shape index (κ1) is 42.0. The van der Waals surface area contributed by atoms with Gasteiger partial charge in [0.2, 0.25) is 0 Å². The van der Waals surface area contributed by atoms with Crippen LogP contribution in [-0.2, 0) is 21.7 Å². The van der Waals surface area contributed by atoms with Crippen molar-refractivity contribution in [2.75, 3.05) is 16.5 Å². The number of benzene rings is 6. The summed E-state index contributed by atoms with van der Waals surface area (Å²) in [5, 5.41) is 2.35. The molecule has 5 heteroatoms. The molecule has 1 aliphatic rings. The number of ether oxygens (including phenoxy) is 1. The first-order valence-corrected chi connectivity index (χ1v) is 22.5. The Balaban J connectivity index is 1.08. The minimum Gasteiger partial charge on any atom is -0.457 e. The van der Waals surface area contributed by atoms with Gasteiger partial charge < -0.3 is 14.5 Å². The van der Waals surface area contributed by atoms with E-state index in [0.29, 0.717) is 6.67 Å². The summed E-state index contributed by atoms with van der Waals surface area (Å²) in [4.78, 5) is 9.75. The van der Waals surface area contributed by atoms with E-state index in [1.807, 2.05) is 12.3 Å². The highest BCUT2D eigenvalue weighted by Crippen LogP contribution is 2.47. The lowest BCUT2D eigenvalue weighted by atomic mass is 9.78. The van der Waals surface area contributed by atoms with Gasteiger partial charge in [-0.05, 0) is 122 Å². The van der Waals surface area contributed by atoms with Gasteiger partial charge in [-0.25, -0.2) is 4.98 Å². The van der Waals surface area contributed by atoms with Crippen LogP contribution in [0.5, 0.6) is 11.5 Å². The number of hydrogen-bond acceptors (Lipinski definition) is 4. The molecule has 0 N–H and O–H groups in total. The van der Waals surface area contributed by atoms with E-state index in [0.717, 1.165) is 39.7 Å². The van der Waals surface area contributed by atoms with Crippen LogP contribution in [0.3, 0.4) is 0 Å². The number of hydrogen-bond donors (Lipinski definition) is 0. The van der Waals surface area contributed by atoms with Crippen molar-refractivity contribution in [2.45, 2.75) is 105 Å². The van der Waals surface area contributed by atoms with Gasteiger partial charge in [0.05, 0.1) is 22.4 Å². The second-order valence-corrected chi connectivity index (χ2v) is 21.6. The van der Waals surface area contributed by atoms with Crippen LogP contribution < -0.4 is 14.5 Å². The van der Waals surface area contributed by atoms with Crippen molar-refractivity contribution < 1.29 is 4.74 Å². The van der Waals surface area contributed by atoms with Crippen LogP contribution in [-0.4, -0.2) is 16.2 Å². The molecule has 63 heavy (non-hydrogen) atoms. The van der Waals surface area contributed by atoms with Gasteiger partial charge >= 0.3 is 0 Å². The molecule has 8 aromatic rings. The fourth-order valence-corrected chi connectivity index (χ4v) is 8.80. The summed E-state index contributed by atoms with van der Waals surface area (Å²) in [6.07, 6.45) is 1.93. The molecular weight excluding hydrogens is 769 g/mol. The molecule has 0 radical (unpaired) electrons. The lowest BCUT2D eigenvalue weighted by Gasteiger charge is -2.28. The number of para-hydroxylation sites is 3. The molecule has 0 amide bonds. The zero-order valence-corrected chi connectivity index (χ0v) is 39.3. The molecular formula is C58H62N4O. The molecule has 0 aliphatic carbocycles. The summed E-state index contributed by atoms with van der Waals surface area (Å²) >= 11 is 0. The normalized spacial score (nSPS) is 13.6. The number of aromatic nitrogens is 2. The van der Waals surface area contributed by atoms with Gasteiger partial charge in [-0.15, -0.1) is 0 Å². The Bertz CT molecular complexity index is 2980. The molecule has 9 rings (SSSR count). The van der Waals surface area contributed by atoms with Gasteiger partial charge in [0.1, 0.15) is 24.0 Å². The molecule has 0 unspecified atom stereocenters. The lowest BCUT2D eigenvalue weighted by molar-refractivity contribution is 0.483. The molecule has 1 aliphatic heterocycles. The Hall–Kier alpha value is -6.33. The van der Waals surface area contributed by atoms with E-state index in [4.69, 9.17) is 9.72 Å². The average Bonchev–Trinajstić information content (AvgIpc) is 3.78. The van der Waals surface area contributed by atoms with Crippen molar-refractivity contribution in [3.8, 4) is 28.4 Å². The maximum Gasteiger partial charge on any atom is 0.137 e. The molecule has 6 aromatic carbocycles. The van der Waals surface area contributed by atoms with E-state index >= 15 is 0 Å². The Morgan fingerprint density at radius 3 is 1.63 bits per heavy atom. The highest BCUT2D eigenvalue weighted by Gasteiger charge is 2.30. The van der Waals surface area contributed by atoms with E-state index in [1.54, 1.807) is 0 Å². The van der Waals surface area contributed by atoms with Crippen LogP contribution in [0.25, 0.3) is 38.8 Å². The zero-order valence-electron chi connectivity index (χ0n) is 39.3. The van der Waals surface area contributed by atoms with E-state index in [2.05, 4.69) is 231 Å². The van der Waals surface area contributed by atoms with E-state index in [1.165, 1.54) is 55.5 Å². The van der Waals surface area contributed by atoms with Gasteiger partial charge in [0.25, 0.3) is 0 Å². The molecule has 0 atom stereocenters. The lowest BCUT2D eigenvalue weighted by Crippen LogP contribution is -2.24. The molecule has 0 saturated carbocycles. The van der Waals surface area contributed by atoms with Crippen molar-refractivity contribution in [3.63, 3.8) is 0 Å². The topological polar surface area (TPSA) is 33.5 Å². The predicted octanol–water partition coefficient (Wildman–Crippen LogP) is 16.1. The molecule has 0 saturated heterocycles. The standard InChI is InChI=1S/C58H62N4O/c1-55(2,3)40-26-27-59-54(34-40)62-50-21-14-13-20-48(50)49-25-24-47(36-53(49)62)63-46-19-17-18-44(35-46)60-37-61(52-23-16-15-22-51(52)60)45-31-39(30-43(33-45)58(10,11)12)38-28-41(56(4,5)6)32-42(29-38)57(7,8)9/h13-36H,37H2,1-12H3. The minimum atomic E-state index is -0.0474. The second-order valence-electron chi connectivity index (χ2n) is 21.6. The van der Waals surface area contributed by atoms with Crippen LogP contribution >= 0.6 is 0 Å². The third kappa shape index (κ3) is 8.10. The van der Waals surface area contributed by atoms with E-state index < -0.39 is 0 Å². The Labute approximate surface area is 375 Å².